The number of thiazole rings is 1. The third-order valence-corrected chi connectivity index (χ3v) is 4.80. The zero-order valence-electron chi connectivity index (χ0n) is 15.8. The number of aromatic nitrogens is 2. The normalized spacial score (nSPS) is 12.2. The first-order chi connectivity index (χ1) is 13.5. The van der Waals surface area contributed by atoms with Crippen LogP contribution in [-0.4, -0.2) is 40.3 Å². The minimum atomic E-state index is -0.789. The molecule has 29 heavy (non-hydrogen) atoms. The number of pyridine rings is 1. The van der Waals surface area contributed by atoms with Crippen LogP contribution in [0.2, 0.25) is 5.02 Å². The van der Waals surface area contributed by atoms with Gasteiger partial charge in [-0.25, -0.2) is 19.6 Å². The van der Waals surface area contributed by atoms with Gasteiger partial charge in [-0.05, 0) is 54.8 Å². The molecule has 0 fully saturated rings. The van der Waals surface area contributed by atoms with Crippen molar-refractivity contribution in [2.75, 3.05) is 6.54 Å². The molecule has 0 saturated heterocycles. The summed E-state index contributed by atoms with van der Waals surface area (Å²) in [6.07, 6.45) is 1.62. The topological polar surface area (TPSA) is 102 Å². The molecule has 0 aromatic carbocycles. The van der Waals surface area contributed by atoms with Gasteiger partial charge < -0.3 is 20.1 Å². The number of nitrogens with one attached hydrogen (secondary N) is 2. The smallest absolute Gasteiger partial charge is 0.414 e. The maximum Gasteiger partial charge on any atom is 0.414 e. The Kier molecular flexibility index (Phi) is 8.17. The molecule has 0 unspecified atom stereocenters. The number of carbonyl (C=O) groups is 2. The lowest BCUT2D eigenvalue weighted by Gasteiger charge is -2.24. The van der Waals surface area contributed by atoms with Crippen molar-refractivity contribution in [3.8, 4) is 5.19 Å². The molecule has 0 aliphatic carbocycles. The van der Waals surface area contributed by atoms with Gasteiger partial charge in [0.05, 0.1) is 21.0 Å². The first-order valence-electron chi connectivity index (χ1n) is 8.38. The number of hydrogen-bond acceptors (Lipinski definition) is 7. The Labute approximate surface area is 184 Å². The second-order valence-corrected chi connectivity index (χ2v) is 9.64. The van der Waals surface area contributed by atoms with E-state index in [9.17, 15) is 14.0 Å². The van der Waals surface area contributed by atoms with Crippen molar-refractivity contribution in [3.63, 3.8) is 0 Å². The van der Waals surface area contributed by atoms with E-state index in [1.807, 2.05) is 0 Å². The zero-order chi connectivity index (χ0) is 21.6. The minimum Gasteiger partial charge on any atom is -0.444 e. The molecule has 0 aliphatic rings. The Balaban J connectivity index is 2.01. The summed E-state index contributed by atoms with van der Waals surface area (Å²) in [5.41, 5.74) is -0.128. The molecule has 0 bridgehead atoms. The summed E-state index contributed by atoms with van der Waals surface area (Å²) < 4.78 is 24.3. The quantitative estimate of drug-likeness (QED) is 0.562. The van der Waals surface area contributed by atoms with Gasteiger partial charge in [0.1, 0.15) is 5.60 Å². The summed E-state index contributed by atoms with van der Waals surface area (Å²) in [5.74, 6) is -0.789. The third kappa shape index (κ3) is 8.50. The number of nitrogens with zero attached hydrogens (tertiary/aromatic N) is 2. The lowest BCUT2D eigenvalue weighted by Crippen LogP contribution is -2.47. The third-order valence-electron chi connectivity index (χ3n) is 3.18. The van der Waals surface area contributed by atoms with Crippen molar-refractivity contribution >= 4 is 51.1 Å². The molecule has 2 amide bonds. The van der Waals surface area contributed by atoms with Crippen LogP contribution in [0.1, 0.15) is 26.3 Å². The van der Waals surface area contributed by atoms with E-state index in [0.29, 0.717) is 9.35 Å². The molecule has 2 heterocycles. The van der Waals surface area contributed by atoms with Crippen molar-refractivity contribution in [1.82, 2.24) is 20.6 Å². The van der Waals surface area contributed by atoms with E-state index in [2.05, 4.69) is 36.5 Å². The van der Waals surface area contributed by atoms with Gasteiger partial charge in [-0.15, -0.1) is 0 Å². The molecule has 2 N–H and O–H groups in total. The van der Waals surface area contributed by atoms with Crippen LogP contribution in [0.15, 0.2) is 22.2 Å². The van der Waals surface area contributed by atoms with Gasteiger partial charge in [-0.3, -0.25) is 0 Å². The molecule has 2 aromatic heterocycles. The second kappa shape index (κ2) is 10.2. The van der Waals surface area contributed by atoms with E-state index in [1.165, 1.54) is 18.5 Å². The lowest BCUT2D eigenvalue weighted by molar-refractivity contribution is 0.0503. The number of amides is 2. The first kappa shape index (κ1) is 23.3. The van der Waals surface area contributed by atoms with Crippen LogP contribution < -0.4 is 15.4 Å². The molecule has 1 atom stereocenters. The van der Waals surface area contributed by atoms with Gasteiger partial charge >= 0.3 is 12.2 Å². The predicted molar refractivity (Wildman–Crippen MR) is 110 cm³/mol. The monoisotopic (exact) mass is 508 g/mol. The number of alkyl carbamates (subject to hydrolysis) is 1. The molecule has 0 aliphatic heterocycles. The van der Waals surface area contributed by atoms with Gasteiger partial charge in [-0.1, -0.05) is 22.9 Å². The van der Waals surface area contributed by atoms with Crippen molar-refractivity contribution in [1.29, 1.82) is 0 Å². The summed E-state index contributed by atoms with van der Waals surface area (Å²) in [4.78, 5) is 31.6. The molecule has 0 spiro atoms. The van der Waals surface area contributed by atoms with Gasteiger partial charge in [0.25, 0.3) is 5.19 Å². The van der Waals surface area contributed by atoms with E-state index in [4.69, 9.17) is 21.1 Å². The average molecular weight is 510 g/mol. The van der Waals surface area contributed by atoms with Crippen molar-refractivity contribution < 1.29 is 23.5 Å². The van der Waals surface area contributed by atoms with Crippen LogP contribution in [0.4, 0.5) is 14.0 Å². The summed E-state index contributed by atoms with van der Waals surface area (Å²) in [5, 5.41) is 5.24. The Morgan fingerprint density at radius 2 is 2.03 bits per heavy atom. The van der Waals surface area contributed by atoms with Gasteiger partial charge in [0.2, 0.25) is 5.95 Å². The largest absolute Gasteiger partial charge is 0.444 e. The highest BCUT2D eigenvalue weighted by molar-refractivity contribution is 9.11. The SMILES string of the molecule is CC(C)(C)OC(=O)N[C@H](CNC(=O)Oc1ncc(Br)s1)Cc1cnc(F)c(Cl)c1. The fourth-order valence-electron chi connectivity index (χ4n) is 2.11. The highest BCUT2D eigenvalue weighted by Gasteiger charge is 2.21. The fourth-order valence-corrected chi connectivity index (χ4v) is 3.32. The lowest BCUT2D eigenvalue weighted by atomic mass is 10.1. The number of ether oxygens (including phenoxy) is 2. The summed E-state index contributed by atoms with van der Waals surface area (Å²) in [6, 6.07) is 0.808. The Morgan fingerprint density at radius 3 is 2.62 bits per heavy atom. The van der Waals surface area contributed by atoms with Crippen LogP contribution >= 0.6 is 38.9 Å². The van der Waals surface area contributed by atoms with Gasteiger partial charge in [0.15, 0.2) is 0 Å². The molecule has 2 rings (SSSR count). The fraction of sp³-hybridized carbons (Fsp3) is 0.412. The summed E-state index contributed by atoms with van der Waals surface area (Å²) in [6.45, 7) is 5.20. The van der Waals surface area contributed by atoms with Crippen LogP contribution in [0.3, 0.4) is 0 Å². The van der Waals surface area contributed by atoms with E-state index in [1.54, 1.807) is 20.8 Å². The highest BCUT2D eigenvalue weighted by atomic mass is 79.9. The Bertz CT molecular complexity index is 877. The van der Waals surface area contributed by atoms with Crippen LogP contribution in [-0.2, 0) is 11.2 Å². The predicted octanol–water partition coefficient (Wildman–Crippen LogP) is 4.32. The summed E-state index contributed by atoms with van der Waals surface area (Å²) in [7, 11) is 0. The van der Waals surface area contributed by atoms with Crippen LogP contribution in [0, 0.1) is 5.95 Å². The molecule has 0 saturated carbocycles. The number of carbonyl (C=O) groups excluding carboxylic acids is 2. The van der Waals surface area contributed by atoms with Crippen molar-refractivity contribution in [2.24, 2.45) is 0 Å². The highest BCUT2D eigenvalue weighted by Crippen LogP contribution is 2.25. The second-order valence-electron chi connectivity index (χ2n) is 6.86. The van der Waals surface area contributed by atoms with Crippen molar-refractivity contribution in [2.45, 2.75) is 38.8 Å². The number of hydrogen-bond donors (Lipinski definition) is 2. The first-order valence-corrected chi connectivity index (χ1v) is 10.4. The Hall–Kier alpha value is -1.98. The molecule has 8 nitrogen and oxygen atoms in total. The van der Waals surface area contributed by atoms with E-state index in [0.717, 1.165) is 11.3 Å². The van der Waals surface area contributed by atoms with E-state index >= 15 is 0 Å². The number of halogens is 3. The summed E-state index contributed by atoms with van der Waals surface area (Å²) >= 11 is 10.1. The van der Waals surface area contributed by atoms with Gasteiger partial charge in [-0.2, -0.15) is 4.39 Å². The molecular weight excluding hydrogens is 491 g/mol. The molecule has 158 valence electrons. The maximum absolute atomic E-state index is 13.3. The minimum absolute atomic E-state index is 0.0135. The van der Waals surface area contributed by atoms with Crippen LogP contribution in [0.25, 0.3) is 0 Å². The van der Waals surface area contributed by atoms with Gasteiger partial charge in [0, 0.05) is 12.7 Å². The van der Waals surface area contributed by atoms with Crippen molar-refractivity contribution in [3.05, 3.63) is 38.8 Å². The number of rotatable bonds is 6. The van der Waals surface area contributed by atoms with E-state index < -0.39 is 29.8 Å². The average Bonchev–Trinajstić information content (AvgIpc) is 2.99. The standard InChI is InChI=1S/C17H19BrClFN4O4S/c1-17(2,3)28-15(26)24-10(4-9-5-11(19)13(20)21-6-9)7-22-14(25)27-16-23-8-12(18)29-16/h5-6,8,10H,4,7H2,1-3H3,(H,22,25)(H,24,26)/t10-/m0/s1. The molecule has 2 aromatic rings. The van der Waals surface area contributed by atoms with E-state index in [-0.39, 0.29) is 23.2 Å². The van der Waals surface area contributed by atoms with Crippen LogP contribution in [0.5, 0.6) is 5.19 Å². The molecular formula is C17H19BrClFN4O4S. The Morgan fingerprint density at radius 1 is 1.31 bits per heavy atom. The molecule has 0 radical (unpaired) electrons. The zero-order valence-corrected chi connectivity index (χ0v) is 19.0. The maximum atomic E-state index is 13.3. The molecule has 12 heteroatoms.